The lowest BCUT2D eigenvalue weighted by Gasteiger charge is -2.37. The van der Waals surface area contributed by atoms with E-state index in [9.17, 15) is 4.79 Å². The predicted molar refractivity (Wildman–Crippen MR) is 127 cm³/mol. The molecule has 5 rings (SSSR count). The standard InChI is InChI=1S/C25H25N5OS/c31-25(23-12-7-17-32-23)30(24-19-29(27-26-24)21-10-5-2-6-11-21)22-13-15-28(16-14-22)18-20-8-3-1-4-9-20/h1-12,17,19,22H,13-16,18H2. The molecule has 4 aromatic rings. The van der Waals surface area contributed by atoms with E-state index >= 15 is 0 Å². The molecule has 1 aliphatic rings. The second kappa shape index (κ2) is 9.46. The third-order valence-electron chi connectivity index (χ3n) is 5.87. The normalized spacial score (nSPS) is 15.0. The summed E-state index contributed by atoms with van der Waals surface area (Å²) >= 11 is 1.47. The van der Waals surface area contributed by atoms with Crippen LogP contribution in [0.15, 0.2) is 84.4 Å². The van der Waals surface area contributed by atoms with Crippen molar-refractivity contribution in [3.05, 3.63) is 94.8 Å². The topological polar surface area (TPSA) is 54.3 Å². The minimum Gasteiger partial charge on any atom is -0.299 e. The largest absolute Gasteiger partial charge is 0.299 e. The van der Waals surface area contributed by atoms with Gasteiger partial charge in [-0.3, -0.25) is 14.6 Å². The van der Waals surface area contributed by atoms with E-state index in [1.807, 2.05) is 65.0 Å². The van der Waals surface area contributed by atoms with Gasteiger partial charge in [0, 0.05) is 25.7 Å². The number of carbonyl (C=O) groups is 1. The van der Waals surface area contributed by atoms with Crippen LogP contribution in [0.5, 0.6) is 0 Å². The van der Waals surface area contributed by atoms with Gasteiger partial charge in [-0.05, 0) is 42.0 Å². The van der Waals surface area contributed by atoms with E-state index < -0.39 is 0 Å². The highest BCUT2D eigenvalue weighted by Crippen LogP contribution is 2.27. The number of benzene rings is 2. The lowest BCUT2D eigenvalue weighted by atomic mass is 10.0. The number of hydrogen-bond donors (Lipinski definition) is 0. The third kappa shape index (κ3) is 4.49. The number of anilines is 1. The number of piperidine rings is 1. The average molecular weight is 444 g/mol. The van der Waals surface area contributed by atoms with E-state index in [0.29, 0.717) is 5.82 Å². The van der Waals surface area contributed by atoms with Crippen LogP contribution in [-0.2, 0) is 6.54 Å². The van der Waals surface area contributed by atoms with E-state index in [1.165, 1.54) is 16.9 Å². The smallest absolute Gasteiger partial charge is 0.269 e. The van der Waals surface area contributed by atoms with Crippen molar-refractivity contribution in [2.24, 2.45) is 0 Å². The molecule has 0 bridgehead atoms. The van der Waals surface area contributed by atoms with Gasteiger partial charge in [-0.15, -0.1) is 16.4 Å². The van der Waals surface area contributed by atoms with Crippen molar-refractivity contribution in [2.45, 2.75) is 25.4 Å². The number of carbonyl (C=O) groups excluding carboxylic acids is 1. The lowest BCUT2D eigenvalue weighted by Crippen LogP contribution is -2.47. The van der Waals surface area contributed by atoms with E-state index in [0.717, 1.165) is 43.0 Å². The number of nitrogens with zero attached hydrogens (tertiary/aromatic N) is 5. The fraction of sp³-hybridized carbons (Fsp3) is 0.240. The molecule has 32 heavy (non-hydrogen) atoms. The molecule has 1 amide bonds. The van der Waals surface area contributed by atoms with E-state index in [1.54, 1.807) is 4.68 Å². The van der Waals surface area contributed by atoms with Crippen molar-refractivity contribution in [1.29, 1.82) is 0 Å². The molecule has 0 aliphatic carbocycles. The zero-order chi connectivity index (χ0) is 21.8. The molecule has 2 aromatic carbocycles. The van der Waals surface area contributed by atoms with Crippen LogP contribution in [0, 0.1) is 0 Å². The van der Waals surface area contributed by atoms with Gasteiger partial charge in [0.2, 0.25) is 0 Å². The Hall–Kier alpha value is -3.29. The van der Waals surface area contributed by atoms with Gasteiger partial charge >= 0.3 is 0 Å². The van der Waals surface area contributed by atoms with Gasteiger partial charge in [-0.1, -0.05) is 59.8 Å². The summed E-state index contributed by atoms with van der Waals surface area (Å²) in [6.45, 7) is 2.83. The maximum atomic E-state index is 13.5. The van der Waals surface area contributed by atoms with Gasteiger partial charge in [0.15, 0.2) is 5.82 Å². The molecule has 0 spiro atoms. The Bertz CT molecular complexity index is 1140. The summed E-state index contributed by atoms with van der Waals surface area (Å²) in [5.41, 5.74) is 2.25. The van der Waals surface area contributed by atoms with Crippen LogP contribution >= 0.6 is 11.3 Å². The van der Waals surface area contributed by atoms with E-state index in [4.69, 9.17) is 0 Å². The number of aromatic nitrogens is 3. The predicted octanol–water partition coefficient (Wildman–Crippen LogP) is 4.64. The molecule has 0 saturated carbocycles. The van der Waals surface area contributed by atoms with Crippen molar-refractivity contribution in [2.75, 3.05) is 18.0 Å². The van der Waals surface area contributed by atoms with Crippen LogP contribution in [0.25, 0.3) is 5.69 Å². The number of hydrogen-bond acceptors (Lipinski definition) is 5. The van der Waals surface area contributed by atoms with Crippen LogP contribution in [0.1, 0.15) is 28.1 Å². The number of amides is 1. The van der Waals surface area contributed by atoms with Crippen molar-refractivity contribution < 1.29 is 4.79 Å². The molecule has 0 unspecified atom stereocenters. The molecule has 0 radical (unpaired) electrons. The molecule has 1 aliphatic heterocycles. The Morgan fingerprint density at radius 1 is 0.969 bits per heavy atom. The summed E-state index contributed by atoms with van der Waals surface area (Å²) in [5.74, 6) is 0.607. The molecule has 0 atom stereocenters. The number of likely N-dealkylation sites (tertiary alicyclic amines) is 1. The highest BCUT2D eigenvalue weighted by molar-refractivity contribution is 7.12. The molecule has 162 valence electrons. The summed E-state index contributed by atoms with van der Waals surface area (Å²) < 4.78 is 1.73. The fourth-order valence-electron chi connectivity index (χ4n) is 4.23. The maximum absolute atomic E-state index is 13.5. The molecular formula is C25H25N5OS. The Morgan fingerprint density at radius 3 is 2.38 bits per heavy atom. The number of rotatable bonds is 6. The number of thiophene rings is 1. The molecule has 1 fully saturated rings. The van der Waals surface area contributed by atoms with Crippen LogP contribution in [0.3, 0.4) is 0 Å². The van der Waals surface area contributed by atoms with Crippen molar-refractivity contribution >= 4 is 23.1 Å². The molecule has 7 heteroatoms. The SMILES string of the molecule is O=C(c1cccs1)N(c1cn(-c2ccccc2)nn1)C1CCN(Cc2ccccc2)CC1. The lowest BCUT2D eigenvalue weighted by molar-refractivity contribution is 0.0961. The molecule has 6 nitrogen and oxygen atoms in total. The zero-order valence-corrected chi connectivity index (χ0v) is 18.6. The summed E-state index contributed by atoms with van der Waals surface area (Å²) in [4.78, 5) is 18.5. The van der Waals surface area contributed by atoms with Gasteiger partial charge in [-0.2, -0.15) is 0 Å². The third-order valence-corrected chi connectivity index (χ3v) is 6.73. The molecule has 1 saturated heterocycles. The number of para-hydroxylation sites is 1. The zero-order valence-electron chi connectivity index (χ0n) is 17.7. The van der Waals surface area contributed by atoms with Gasteiger partial charge in [0.1, 0.15) is 0 Å². The van der Waals surface area contributed by atoms with Gasteiger partial charge in [-0.25, -0.2) is 4.68 Å². The Balaban J connectivity index is 1.36. The van der Waals surface area contributed by atoms with Crippen LogP contribution in [0.2, 0.25) is 0 Å². The maximum Gasteiger partial charge on any atom is 0.269 e. The first-order valence-electron chi connectivity index (χ1n) is 10.9. The highest BCUT2D eigenvalue weighted by Gasteiger charge is 2.32. The summed E-state index contributed by atoms with van der Waals surface area (Å²) in [6.07, 6.45) is 3.67. The first-order valence-corrected chi connectivity index (χ1v) is 11.8. The van der Waals surface area contributed by atoms with Gasteiger partial charge < -0.3 is 0 Å². The quantitative estimate of drug-likeness (QED) is 0.436. The molecule has 3 heterocycles. The minimum atomic E-state index is 0.00150. The molecular weight excluding hydrogens is 418 g/mol. The van der Waals surface area contributed by atoms with Crippen LogP contribution in [0.4, 0.5) is 5.82 Å². The van der Waals surface area contributed by atoms with E-state index in [2.05, 4.69) is 39.5 Å². The Labute approximate surface area is 191 Å². The second-order valence-electron chi connectivity index (χ2n) is 8.00. The summed E-state index contributed by atoms with van der Waals surface area (Å²) in [5, 5.41) is 10.6. The Morgan fingerprint density at radius 2 is 1.69 bits per heavy atom. The van der Waals surface area contributed by atoms with Gasteiger partial charge in [0.05, 0.1) is 16.8 Å². The molecule has 2 aromatic heterocycles. The average Bonchev–Trinajstić information content (AvgIpc) is 3.55. The van der Waals surface area contributed by atoms with Crippen LogP contribution in [-0.4, -0.2) is 44.9 Å². The first kappa shape index (κ1) is 20.6. The highest BCUT2D eigenvalue weighted by atomic mass is 32.1. The van der Waals surface area contributed by atoms with Crippen molar-refractivity contribution in [1.82, 2.24) is 19.9 Å². The van der Waals surface area contributed by atoms with E-state index in [-0.39, 0.29) is 11.9 Å². The fourth-order valence-corrected chi connectivity index (χ4v) is 4.89. The Kier molecular flexibility index (Phi) is 6.09. The molecule has 0 N–H and O–H groups in total. The first-order chi connectivity index (χ1) is 15.8. The second-order valence-corrected chi connectivity index (χ2v) is 8.95. The van der Waals surface area contributed by atoms with Crippen molar-refractivity contribution in [3.8, 4) is 5.69 Å². The van der Waals surface area contributed by atoms with Crippen LogP contribution < -0.4 is 4.90 Å². The van der Waals surface area contributed by atoms with Crippen molar-refractivity contribution in [3.63, 3.8) is 0 Å². The summed E-state index contributed by atoms with van der Waals surface area (Å²) in [6, 6.07) is 24.3. The minimum absolute atomic E-state index is 0.00150. The van der Waals surface area contributed by atoms with Gasteiger partial charge in [0.25, 0.3) is 5.91 Å². The monoisotopic (exact) mass is 443 g/mol. The summed E-state index contributed by atoms with van der Waals surface area (Å²) in [7, 11) is 0.